The molecule has 2 N–H and O–H groups in total. The molecule has 144 valence electrons. The molecule has 0 unspecified atom stereocenters. The molecule has 0 heterocycles. The van der Waals surface area contributed by atoms with Gasteiger partial charge in [-0.2, -0.15) is 0 Å². The van der Waals surface area contributed by atoms with E-state index in [0.717, 1.165) is 16.7 Å². The highest BCUT2D eigenvalue weighted by atomic mass is 16.4. The third-order valence-electron chi connectivity index (χ3n) is 5.15. The predicted octanol–water partition coefficient (Wildman–Crippen LogP) is 4.79. The van der Waals surface area contributed by atoms with E-state index in [1.54, 1.807) is 0 Å². The molecule has 0 aliphatic heterocycles. The molecule has 0 aliphatic carbocycles. The molecule has 4 aromatic rings. The summed E-state index contributed by atoms with van der Waals surface area (Å²) in [6.45, 7) is 1.32. The van der Waals surface area contributed by atoms with E-state index in [0.29, 0.717) is 0 Å². The van der Waals surface area contributed by atoms with Crippen molar-refractivity contribution in [3.8, 4) is 11.1 Å². The SMILES string of the molecule is CC(=O)N[C@@H](Cc1ccc(-c2cc3ccccc3c3ccccc23)cc1)C(=O)O. The minimum atomic E-state index is -1.04. The lowest BCUT2D eigenvalue weighted by molar-refractivity contribution is -0.141. The van der Waals surface area contributed by atoms with Crippen molar-refractivity contribution in [2.45, 2.75) is 19.4 Å². The van der Waals surface area contributed by atoms with E-state index < -0.39 is 12.0 Å². The summed E-state index contributed by atoms with van der Waals surface area (Å²) in [4.78, 5) is 22.6. The minimum Gasteiger partial charge on any atom is -0.480 e. The summed E-state index contributed by atoms with van der Waals surface area (Å²) in [6, 6.07) is 25.9. The minimum absolute atomic E-state index is 0.244. The summed E-state index contributed by atoms with van der Waals surface area (Å²) in [6.07, 6.45) is 0.244. The second-order valence-electron chi connectivity index (χ2n) is 7.18. The van der Waals surface area contributed by atoms with E-state index in [-0.39, 0.29) is 12.3 Å². The number of benzene rings is 4. The first-order valence-electron chi connectivity index (χ1n) is 9.52. The van der Waals surface area contributed by atoms with Gasteiger partial charge in [0.25, 0.3) is 0 Å². The number of amides is 1. The lowest BCUT2D eigenvalue weighted by Gasteiger charge is -2.14. The average molecular weight is 383 g/mol. The molecular formula is C25H21NO3. The fourth-order valence-corrected chi connectivity index (χ4v) is 3.79. The molecule has 0 bridgehead atoms. The van der Waals surface area contributed by atoms with Crippen LogP contribution in [0.2, 0.25) is 0 Å². The maximum Gasteiger partial charge on any atom is 0.326 e. The summed E-state index contributed by atoms with van der Waals surface area (Å²) in [5, 5.41) is 16.6. The van der Waals surface area contributed by atoms with Gasteiger partial charge in [-0.1, -0.05) is 72.8 Å². The molecule has 1 amide bonds. The molecular weight excluding hydrogens is 362 g/mol. The van der Waals surface area contributed by atoms with Crippen molar-refractivity contribution in [2.24, 2.45) is 0 Å². The Kier molecular flexibility index (Phi) is 5.00. The van der Waals surface area contributed by atoms with Gasteiger partial charge in [0.05, 0.1) is 0 Å². The zero-order chi connectivity index (χ0) is 20.4. The molecule has 0 spiro atoms. The Hall–Kier alpha value is -3.66. The second-order valence-corrected chi connectivity index (χ2v) is 7.18. The van der Waals surface area contributed by atoms with Crippen LogP contribution in [0.5, 0.6) is 0 Å². The Morgan fingerprint density at radius 2 is 1.48 bits per heavy atom. The molecule has 0 fully saturated rings. The van der Waals surface area contributed by atoms with Crippen molar-refractivity contribution in [3.63, 3.8) is 0 Å². The highest BCUT2D eigenvalue weighted by molar-refractivity contribution is 6.13. The maximum atomic E-state index is 11.4. The van der Waals surface area contributed by atoms with Gasteiger partial charge in [-0.05, 0) is 44.3 Å². The first-order valence-corrected chi connectivity index (χ1v) is 9.52. The Morgan fingerprint density at radius 3 is 2.14 bits per heavy atom. The Bertz CT molecular complexity index is 1210. The molecule has 0 saturated heterocycles. The largest absolute Gasteiger partial charge is 0.480 e. The van der Waals surface area contributed by atoms with Crippen LogP contribution in [0.3, 0.4) is 0 Å². The fourth-order valence-electron chi connectivity index (χ4n) is 3.79. The number of hydrogen-bond donors (Lipinski definition) is 2. The van der Waals surface area contributed by atoms with E-state index in [1.807, 2.05) is 36.4 Å². The van der Waals surface area contributed by atoms with Gasteiger partial charge in [-0.25, -0.2) is 4.79 Å². The zero-order valence-electron chi connectivity index (χ0n) is 16.1. The van der Waals surface area contributed by atoms with Crippen molar-refractivity contribution in [3.05, 3.63) is 84.4 Å². The summed E-state index contributed by atoms with van der Waals surface area (Å²) in [5.74, 6) is -1.39. The lowest BCUT2D eigenvalue weighted by Crippen LogP contribution is -2.41. The van der Waals surface area contributed by atoms with E-state index >= 15 is 0 Å². The van der Waals surface area contributed by atoms with E-state index in [2.05, 4.69) is 47.8 Å². The standard InChI is InChI=1S/C25H21NO3/c1-16(27)26-24(25(28)29)14-17-10-12-18(13-11-17)23-15-19-6-2-3-7-20(19)21-8-4-5-9-22(21)23/h2-13,15,24H,14H2,1H3,(H,26,27)(H,28,29)/t24-/m0/s1. The van der Waals surface area contributed by atoms with Gasteiger partial charge in [0.1, 0.15) is 6.04 Å². The van der Waals surface area contributed by atoms with Crippen LogP contribution in [0.1, 0.15) is 12.5 Å². The van der Waals surface area contributed by atoms with E-state index in [1.165, 1.54) is 28.5 Å². The smallest absolute Gasteiger partial charge is 0.326 e. The number of nitrogens with one attached hydrogen (secondary N) is 1. The van der Waals surface area contributed by atoms with Gasteiger partial charge in [0.2, 0.25) is 5.91 Å². The number of rotatable bonds is 5. The third-order valence-corrected chi connectivity index (χ3v) is 5.15. The summed E-state index contributed by atoms with van der Waals surface area (Å²) < 4.78 is 0. The number of carboxylic acids is 1. The van der Waals surface area contributed by atoms with Crippen LogP contribution < -0.4 is 5.32 Å². The first kappa shape index (κ1) is 18.7. The van der Waals surface area contributed by atoms with Crippen LogP contribution in [-0.2, 0) is 16.0 Å². The van der Waals surface area contributed by atoms with Crippen molar-refractivity contribution < 1.29 is 14.7 Å². The maximum absolute atomic E-state index is 11.4. The van der Waals surface area contributed by atoms with Gasteiger partial charge < -0.3 is 10.4 Å². The second kappa shape index (κ2) is 7.76. The lowest BCUT2D eigenvalue weighted by atomic mass is 9.92. The number of hydrogen-bond acceptors (Lipinski definition) is 2. The van der Waals surface area contributed by atoms with Crippen LogP contribution in [0.4, 0.5) is 0 Å². The predicted molar refractivity (Wildman–Crippen MR) is 116 cm³/mol. The van der Waals surface area contributed by atoms with Crippen LogP contribution in [0.15, 0.2) is 78.9 Å². The Morgan fingerprint density at radius 1 is 0.862 bits per heavy atom. The molecule has 4 nitrogen and oxygen atoms in total. The van der Waals surface area contributed by atoms with Crippen LogP contribution in [-0.4, -0.2) is 23.0 Å². The van der Waals surface area contributed by atoms with Crippen LogP contribution >= 0.6 is 0 Å². The summed E-state index contributed by atoms with van der Waals surface area (Å²) in [5.41, 5.74) is 3.07. The molecule has 29 heavy (non-hydrogen) atoms. The molecule has 0 aliphatic rings. The molecule has 0 radical (unpaired) electrons. The Labute approximate surface area is 168 Å². The number of fused-ring (bicyclic) bond motifs is 3. The first-order chi connectivity index (χ1) is 14.0. The van der Waals surface area contributed by atoms with Gasteiger partial charge >= 0.3 is 5.97 Å². The zero-order valence-corrected chi connectivity index (χ0v) is 16.1. The summed E-state index contributed by atoms with van der Waals surface area (Å²) in [7, 11) is 0. The number of carbonyl (C=O) groups is 2. The van der Waals surface area contributed by atoms with Crippen LogP contribution in [0.25, 0.3) is 32.7 Å². The fraction of sp³-hybridized carbons (Fsp3) is 0.120. The van der Waals surface area contributed by atoms with Crippen molar-refractivity contribution in [1.82, 2.24) is 5.32 Å². The molecule has 0 saturated carbocycles. The molecule has 4 aromatic carbocycles. The van der Waals surface area contributed by atoms with E-state index in [9.17, 15) is 14.7 Å². The Balaban J connectivity index is 1.73. The number of aliphatic carboxylic acids is 1. The molecule has 4 rings (SSSR count). The molecule has 0 aromatic heterocycles. The van der Waals surface area contributed by atoms with Crippen molar-refractivity contribution >= 4 is 33.4 Å². The van der Waals surface area contributed by atoms with Gasteiger partial charge in [-0.3, -0.25) is 4.79 Å². The van der Waals surface area contributed by atoms with Crippen molar-refractivity contribution in [2.75, 3.05) is 0 Å². The van der Waals surface area contributed by atoms with Gasteiger partial charge in [0, 0.05) is 13.3 Å². The highest BCUT2D eigenvalue weighted by Gasteiger charge is 2.18. The van der Waals surface area contributed by atoms with Crippen LogP contribution in [0, 0.1) is 0 Å². The topological polar surface area (TPSA) is 66.4 Å². The number of carboxylic acid groups (broad SMARTS) is 1. The molecule has 4 heteroatoms. The number of carbonyl (C=O) groups excluding carboxylic acids is 1. The summed E-state index contributed by atoms with van der Waals surface area (Å²) >= 11 is 0. The van der Waals surface area contributed by atoms with Crippen molar-refractivity contribution in [1.29, 1.82) is 0 Å². The third kappa shape index (κ3) is 3.83. The highest BCUT2D eigenvalue weighted by Crippen LogP contribution is 2.34. The average Bonchev–Trinajstić information content (AvgIpc) is 2.73. The van der Waals surface area contributed by atoms with E-state index in [4.69, 9.17) is 0 Å². The quantitative estimate of drug-likeness (QED) is 0.487. The molecule has 1 atom stereocenters. The van der Waals surface area contributed by atoms with Gasteiger partial charge in [-0.15, -0.1) is 0 Å². The van der Waals surface area contributed by atoms with Gasteiger partial charge in [0.15, 0.2) is 0 Å². The monoisotopic (exact) mass is 383 g/mol. The normalized spacial score (nSPS) is 12.0.